The monoisotopic (exact) mass is 550 g/mol. The Morgan fingerprint density at radius 2 is 1.76 bits per heavy atom. The molecule has 2 heterocycles. The van der Waals surface area contributed by atoms with Crippen molar-refractivity contribution in [1.29, 1.82) is 0 Å². The average Bonchev–Trinajstić information content (AvgIpc) is 2.87. The van der Waals surface area contributed by atoms with E-state index < -0.39 is 28.6 Å². The van der Waals surface area contributed by atoms with Crippen molar-refractivity contribution in [3.63, 3.8) is 0 Å². The lowest BCUT2D eigenvalue weighted by atomic mass is 10.1. The number of carbonyl (C=O) groups excluding carboxylic acids is 1. The molecule has 38 heavy (non-hydrogen) atoms. The average molecular weight is 551 g/mol. The summed E-state index contributed by atoms with van der Waals surface area (Å²) in [5.74, 6) is 0.761. The first-order chi connectivity index (χ1) is 17.9. The molecule has 1 atom stereocenters. The van der Waals surface area contributed by atoms with E-state index >= 15 is 0 Å². The largest absolute Gasteiger partial charge is 0.405 e. The van der Waals surface area contributed by atoms with E-state index in [9.17, 15) is 26.4 Å². The van der Waals surface area contributed by atoms with E-state index in [-0.39, 0.29) is 28.3 Å². The van der Waals surface area contributed by atoms with Crippen LogP contribution in [0.5, 0.6) is 0 Å². The number of anilines is 2. The van der Waals surface area contributed by atoms with Gasteiger partial charge in [-0.15, -0.1) is 0 Å². The fraction of sp³-hybridized carbons (Fsp3) is 0.333. The molecule has 1 aromatic heterocycles. The highest BCUT2D eigenvalue weighted by Crippen LogP contribution is 2.29. The number of morpholine rings is 1. The number of rotatable bonds is 6. The zero-order chi connectivity index (χ0) is 27.5. The molecule has 2 amide bonds. The highest BCUT2D eigenvalue weighted by molar-refractivity contribution is 7.90. The predicted octanol–water partition coefficient (Wildman–Crippen LogP) is 3.52. The molecule has 3 aromatic rings. The van der Waals surface area contributed by atoms with Crippen LogP contribution in [-0.4, -0.2) is 74.2 Å². The molecule has 1 aliphatic rings. The molecule has 4 rings (SSSR count). The maximum atomic E-state index is 12.4. The van der Waals surface area contributed by atoms with Crippen molar-refractivity contribution in [1.82, 2.24) is 20.3 Å². The SMILES string of the molecule is C[C@H]1COCCN1c1nc(-c2ccc(NC(=O)NCC(F)(F)F)cc2)nc(-c2ccccc2S(C)(=O)=O)n1. The summed E-state index contributed by atoms with van der Waals surface area (Å²) >= 11 is 0. The lowest BCUT2D eigenvalue weighted by molar-refractivity contribution is -0.122. The van der Waals surface area contributed by atoms with Gasteiger partial charge in [0.2, 0.25) is 5.95 Å². The first-order valence-corrected chi connectivity index (χ1v) is 13.4. The third kappa shape index (κ3) is 6.75. The molecule has 14 heteroatoms. The van der Waals surface area contributed by atoms with Crippen LogP contribution < -0.4 is 15.5 Å². The van der Waals surface area contributed by atoms with Gasteiger partial charge in [0.1, 0.15) is 6.54 Å². The van der Waals surface area contributed by atoms with E-state index in [1.54, 1.807) is 35.6 Å². The van der Waals surface area contributed by atoms with Gasteiger partial charge in [-0.3, -0.25) is 0 Å². The molecule has 202 valence electrons. The van der Waals surface area contributed by atoms with Crippen molar-refractivity contribution < 1.29 is 31.1 Å². The molecule has 0 bridgehead atoms. The lowest BCUT2D eigenvalue weighted by Gasteiger charge is -2.33. The van der Waals surface area contributed by atoms with Gasteiger partial charge in [0.25, 0.3) is 0 Å². The maximum absolute atomic E-state index is 12.4. The zero-order valence-electron chi connectivity index (χ0n) is 20.5. The summed E-state index contributed by atoms with van der Waals surface area (Å²) in [6, 6.07) is 11.5. The Morgan fingerprint density at radius 1 is 1.08 bits per heavy atom. The first-order valence-electron chi connectivity index (χ1n) is 11.5. The molecule has 0 unspecified atom stereocenters. The van der Waals surface area contributed by atoms with Gasteiger partial charge in [-0.1, -0.05) is 12.1 Å². The van der Waals surface area contributed by atoms with Crippen molar-refractivity contribution in [3.8, 4) is 22.8 Å². The summed E-state index contributed by atoms with van der Waals surface area (Å²) in [7, 11) is -3.59. The Balaban J connectivity index is 1.70. The van der Waals surface area contributed by atoms with Crippen molar-refractivity contribution in [2.24, 2.45) is 0 Å². The Labute approximate surface area is 217 Å². The number of halogens is 3. The van der Waals surface area contributed by atoms with Gasteiger partial charge in [0.15, 0.2) is 21.5 Å². The normalized spacial score (nSPS) is 16.2. The number of carbonyl (C=O) groups is 1. The third-order valence-electron chi connectivity index (χ3n) is 5.63. The molecule has 2 N–H and O–H groups in total. The molecule has 0 spiro atoms. The summed E-state index contributed by atoms with van der Waals surface area (Å²) in [6.07, 6.45) is -3.42. The summed E-state index contributed by atoms with van der Waals surface area (Å²) in [6.45, 7) is 1.96. The molecule has 10 nitrogen and oxygen atoms in total. The smallest absolute Gasteiger partial charge is 0.377 e. The quantitative estimate of drug-likeness (QED) is 0.478. The fourth-order valence-corrected chi connectivity index (χ4v) is 4.68. The second-order valence-corrected chi connectivity index (χ2v) is 10.7. The number of ether oxygens (including phenoxy) is 1. The molecule has 0 saturated carbocycles. The van der Waals surface area contributed by atoms with Gasteiger partial charge < -0.3 is 20.3 Å². The Morgan fingerprint density at radius 3 is 2.42 bits per heavy atom. The van der Waals surface area contributed by atoms with E-state index in [2.05, 4.69) is 20.3 Å². The highest BCUT2D eigenvalue weighted by Gasteiger charge is 2.28. The van der Waals surface area contributed by atoms with E-state index in [4.69, 9.17) is 4.74 Å². The number of hydrogen-bond donors (Lipinski definition) is 2. The Bertz CT molecular complexity index is 1420. The van der Waals surface area contributed by atoms with Crippen molar-refractivity contribution >= 4 is 27.5 Å². The summed E-state index contributed by atoms with van der Waals surface area (Å²) in [4.78, 5) is 27.5. The van der Waals surface area contributed by atoms with Gasteiger partial charge in [-0.25, -0.2) is 18.2 Å². The molecule has 1 aliphatic heterocycles. The van der Waals surface area contributed by atoms with Crippen LogP contribution >= 0.6 is 0 Å². The Hall–Kier alpha value is -3.78. The number of alkyl halides is 3. The van der Waals surface area contributed by atoms with Gasteiger partial charge >= 0.3 is 12.2 Å². The number of amides is 2. The van der Waals surface area contributed by atoms with Crippen molar-refractivity contribution in [2.45, 2.75) is 24.0 Å². The maximum Gasteiger partial charge on any atom is 0.405 e. The van der Waals surface area contributed by atoms with Crippen LogP contribution in [-0.2, 0) is 14.6 Å². The summed E-state index contributed by atoms with van der Waals surface area (Å²) < 4.78 is 67.4. The number of urea groups is 1. The van der Waals surface area contributed by atoms with Crippen LogP contribution in [0.15, 0.2) is 53.4 Å². The summed E-state index contributed by atoms with van der Waals surface area (Å²) in [5, 5.41) is 4.07. The molecule has 1 fully saturated rings. The second kappa shape index (κ2) is 10.9. The van der Waals surface area contributed by atoms with E-state index in [1.165, 1.54) is 18.2 Å². The molecular formula is C24H25F3N6O4S. The summed E-state index contributed by atoms with van der Waals surface area (Å²) in [5.41, 5.74) is 1.10. The van der Waals surface area contributed by atoms with Gasteiger partial charge in [0.05, 0.1) is 24.2 Å². The topological polar surface area (TPSA) is 126 Å². The van der Waals surface area contributed by atoms with Gasteiger partial charge in [0, 0.05) is 29.6 Å². The minimum atomic E-state index is -4.52. The number of benzene rings is 2. The third-order valence-corrected chi connectivity index (χ3v) is 6.78. The van der Waals surface area contributed by atoms with Crippen LogP contribution in [0.3, 0.4) is 0 Å². The Kier molecular flexibility index (Phi) is 7.83. The number of hydrogen-bond acceptors (Lipinski definition) is 8. The molecular weight excluding hydrogens is 525 g/mol. The van der Waals surface area contributed by atoms with E-state index in [0.717, 1.165) is 6.26 Å². The fourth-order valence-electron chi connectivity index (χ4n) is 3.80. The number of nitrogens with one attached hydrogen (secondary N) is 2. The number of nitrogens with zero attached hydrogens (tertiary/aromatic N) is 4. The van der Waals surface area contributed by atoms with Crippen molar-refractivity contribution in [3.05, 3.63) is 48.5 Å². The number of aromatic nitrogens is 3. The zero-order valence-corrected chi connectivity index (χ0v) is 21.3. The highest BCUT2D eigenvalue weighted by atomic mass is 32.2. The molecule has 0 aliphatic carbocycles. The molecule has 0 radical (unpaired) electrons. The van der Waals surface area contributed by atoms with Gasteiger partial charge in [-0.05, 0) is 43.3 Å². The number of sulfone groups is 1. The van der Waals surface area contributed by atoms with Crippen molar-refractivity contribution in [2.75, 3.05) is 42.8 Å². The minimum Gasteiger partial charge on any atom is -0.377 e. The predicted molar refractivity (Wildman–Crippen MR) is 135 cm³/mol. The van der Waals surface area contributed by atoms with E-state index in [0.29, 0.717) is 36.8 Å². The van der Waals surface area contributed by atoms with Crippen LogP contribution in [0.2, 0.25) is 0 Å². The second-order valence-electron chi connectivity index (χ2n) is 8.67. The molecule has 2 aromatic carbocycles. The standard InChI is InChI=1S/C24H25F3N6O4S/c1-15-13-37-12-11-33(15)22-31-20(30-21(32-22)18-5-3-4-6-19(18)38(2,35)36)16-7-9-17(10-8-16)29-23(34)28-14-24(25,26)27/h3-10,15H,11-14H2,1-2H3,(H2,28,29,34)/t15-/m0/s1. The van der Waals surface area contributed by atoms with Crippen LogP contribution in [0.25, 0.3) is 22.8 Å². The van der Waals surface area contributed by atoms with E-state index in [1.807, 2.05) is 11.8 Å². The first kappa shape index (κ1) is 27.3. The van der Waals surface area contributed by atoms with Crippen LogP contribution in [0.1, 0.15) is 6.92 Å². The van der Waals surface area contributed by atoms with Gasteiger partial charge in [-0.2, -0.15) is 23.1 Å². The van der Waals surface area contributed by atoms with Crippen LogP contribution in [0.4, 0.5) is 29.6 Å². The lowest BCUT2D eigenvalue weighted by Crippen LogP contribution is -2.44. The van der Waals surface area contributed by atoms with Crippen LogP contribution in [0, 0.1) is 0 Å². The molecule has 1 saturated heterocycles. The minimum absolute atomic E-state index is 0.0428.